The predicted octanol–water partition coefficient (Wildman–Crippen LogP) is 5.12. The molecule has 1 fully saturated rings. The summed E-state index contributed by atoms with van der Waals surface area (Å²) in [6.45, 7) is 0.954. The molecule has 0 radical (unpaired) electrons. The summed E-state index contributed by atoms with van der Waals surface area (Å²) in [7, 11) is 0. The van der Waals surface area contributed by atoms with E-state index < -0.39 is 0 Å². The van der Waals surface area contributed by atoms with E-state index >= 15 is 0 Å². The molecule has 0 amide bonds. The van der Waals surface area contributed by atoms with E-state index in [0.29, 0.717) is 17.9 Å². The Morgan fingerprint density at radius 2 is 2.33 bits per heavy atom. The van der Waals surface area contributed by atoms with E-state index in [2.05, 4.69) is 40.2 Å². The zero-order chi connectivity index (χ0) is 12.8. The number of hydrogen-bond donors (Lipinski definition) is 0. The van der Waals surface area contributed by atoms with Crippen LogP contribution in [0.25, 0.3) is 0 Å². The van der Waals surface area contributed by atoms with Gasteiger partial charge in [0.2, 0.25) is 0 Å². The normalized spacial score (nSPS) is 21.1. The van der Waals surface area contributed by atoms with Gasteiger partial charge in [0.1, 0.15) is 0 Å². The van der Waals surface area contributed by atoms with E-state index in [1.807, 2.05) is 0 Å². The molecular formula is C15H20BrClO. The fraction of sp³-hybridized carbons (Fsp3) is 0.600. The summed E-state index contributed by atoms with van der Waals surface area (Å²) >= 11 is 9.62. The van der Waals surface area contributed by atoms with E-state index in [-0.39, 0.29) is 0 Å². The molecule has 0 aromatic heterocycles. The summed E-state index contributed by atoms with van der Waals surface area (Å²) in [5, 5.41) is 0. The van der Waals surface area contributed by atoms with Gasteiger partial charge in [-0.1, -0.05) is 34.5 Å². The second-order valence-corrected chi connectivity index (χ2v) is 6.20. The van der Waals surface area contributed by atoms with Gasteiger partial charge in [-0.3, -0.25) is 0 Å². The molecule has 2 unspecified atom stereocenters. The number of alkyl halides is 1. The van der Waals surface area contributed by atoms with Crippen molar-refractivity contribution in [1.29, 1.82) is 0 Å². The van der Waals surface area contributed by atoms with Gasteiger partial charge in [-0.05, 0) is 49.3 Å². The van der Waals surface area contributed by atoms with Gasteiger partial charge in [0.15, 0.2) is 0 Å². The molecule has 3 heteroatoms. The van der Waals surface area contributed by atoms with Crippen molar-refractivity contribution in [3.63, 3.8) is 0 Å². The monoisotopic (exact) mass is 330 g/mol. The fourth-order valence-corrected chi connectivity index (χ4v) is 3.31. The van der Waals surface area contributed by atoms with Crippen LogP contribution in [0.1, 0.15) is 43.6 Å². The lowest BCUT2D eigenvalue weighted by atomic mass is 9.94. The number of benzene rings is 1. The Bertz CT molecular complexity index is 363. The molecule has 1 aromatic carbocycles. The fourth-order valence-electron chi connectivity index (χ4n) is 2.56. The average molecular weight is 332 g/mol. The molecule has 1 nitrogen and oxygen atoms in total. The Morgan fingerprint density at radius 1 is 1.44 bits per heavy atom. The van der Waals surface area contributed by atoms with Crippen molar-refractivity contribution in [2.75, 3.05) is 12.5 Å². The summed E-state index contributed by atoms with van der Waals surface area (Å²) in [4.78, 5) is 0. The Kier molecular flexibility index (Phi) is 6.00. The Morgan fingerprint density at radius 3 is 3.00 bits per heavy atom. The highest BCUT2D eigenvalue weighted by atomic mass is 79.9. The minimum Gasteiger partial charge on any atom is -0.378 e. The lowest BCUT2D eigenvalue weighted by Gasteiger charge is -2.16. The van der Waals surface area contributed by atoms with Gasteiger partial charge in [0.05, 0.1) is 6.10 Å². The molecule has 1 aliphatic heterocycles. The first-order chi connectivity index (χ1) is 8.79. The van der Waals surface area contributed by atoms with Crippen LogP contribution in [0.2, 0.25) is 0 Å². The zero-order valence-corrected chi connectivity index (χ0v) is 12.9. The SMILES string of the molecule is ClCC(CCCC1CCCO1)c1cccc(Br)c1. The lowest BCUT2D eigenvalue weighted by molar-refractivity contribution is 0.102. The first-order valence-corrected chi connectivity index (χ1v) is 8.05. The van der Waals surface area contributed by atoms with Crippen molar-refractivity contribution in [3.8, 4) is 0 Å². The number of halogens is 2. The van der Waals surface area contributed by atoms with E-state index in [9.17, 15) is 0 Å². The minimum atomic E-state index is 0.463. The van der Waals surface area contributed by atoms with E-state index in [4.69, 9.17) is 16.3 Å². The molecule has 100 valence electrons. The molecule has 0 aliphatic carbocycles. The standard InChI is InChI=1S/C15H20BrClO/c16-14-6-1-4-12(10-14)13(11-17)5-2-7-15-8-3-9-18-15/h1,4,6,10,13,15H,2-3,5,7-9,11H2. The van der Waals surface area contributed by atoms with Gasteiger partial charge in [-0.25, -0.2) is 0 Å². The van der Waals surface area contributed by atoms with Crippen LogP contribution >= 0.6 is 27.5 Å². The largest absolute Gasteiger partial charge is 0.378 e. The Balaban J connectivity index is 1.81. The second kappa shape index (κ2) is 7.52. The summed E-state index contributed by atoms with van der Waals surface area (Å²) < 4.78 is 6.79. The molecule has 2 rings (SSSR count). The maximum absolute atomic E-state index is 6.10. The van der Waals surface area contributed by atoms with Crippen molar-refractivity contribution in [2.45, 2.75) is 44.1 Å². The molecule has 1 aliphatic rings. The number of rotatable bonds is 6. The van der Waals surface area contributed by atoms with Gasteiger partial charge in [-0.2, -0.15) is 0 Å². The predicted molar refractivity (Wildman–Crippen MR) is 80.4 cm³/mol. The third-order valence-corrected chi connectivity index (χ3v) is 4.47. The topological polar surface area (TPSA) is 9.23 Å². The van der Waals surface area contributed by atoms with E-state index in [0.717, 1.165) is 17.5 Å². The molecule has 1 saturated heterocycles. The maximum Gasteiger partial charge on any atom is 0.0576 e. The third-order valence-electron chi connectivity index (χ3n) is 3.61. The first-order valence-electron chi connectivity index (χ1n) is 6.72. The Labute approximate surface area is 123 Å². The van der Waals surface area contributed by atoms with Gasteiger partial charge in [0.25, 0.3) is 0 Å². The highest BCUT2D eigenvalue weighted by molar-refractivity contribution is 9.10. The molecular weight excluding hydrogens is 312 g/mol. The molecule has 0 spiro atoms. The highest BCUT2D eigenvalue weighted by Gasteiger charge is 2.16. The molecule has 2 atom stereocenters. The molecule has 0 N–H and O–H groups in total. The van der Waals surface area contributed by atoms with Crippen LogP contribution in [-0.4, -0.2) is 18.6 Å². The van der Waals surface area contributed by atoms with Crippen LogP contribution in [0.5, 0.6) is 0 Å². The van der Waals surface area contributed by atoms with Gasteiger partial charge >= 0.3 is 0 Å². The molecule has 18 heavy (non-hydrogen) atoms. The average Bonchev–Trinajstić information content (AvgIpc) is 2.88. The number of hydrogen-bond acceptors (Lipinski definition) is 1. The van der Waals surface area contributed by atoms with Crippen LogP contribution in [0.15, 0.2) is 28.7 Å². The van der Waals surface area contributed by atoms with Gasteiger partial charge in [0, 0.05) is 17.0 Å². The van der Waals surface area contributed by atoms with E-state index in [1.165, 1.54) is 31.2 Å². The van der Waals surface area contributed by atoms with Crippen LogP contribution in [0.4, 0.5) is 0 Å². The Hall–Kier alpha value is -0.0500. The van der Waals surface area contributed by atoms with Crippen molar-refractivity contribution in [2.24, 2.45) is 0 Å². The van der Waals surface area contributed by atoms with Crippen molar-refractivity contribution in [1.82, 2.24) is 0 Å². The molecule has 1 heterocycles. The van der Waals surface area contributed by atoms with Gasteiger partial charge < -0.3 is 4.74 Å². The number of ether oxygens (including phenoxy) is 1. The van der Waals surface area contributed by atoms with Crippen LogP contribution in [0, 0.1) is 0 Å². The molecule has 0 saturated carbocycles. The van der Waals surface area contributed by atoms with Crippen LogP contribution in [0.3, 0.4) is 0 Å². The summed E-state index contributed by atoms with van der Waals surface area (Å²) in [5.74, 6) is 1.16. The molecule has 0 bridgehead atoms. The second-order valence-electron chi connectivity index (χ2n) is 4.97. The summed E-state index contributed by atoms with van der Waals surface area (Å²) in [6, 6.07) is 8.49. The third kappa shape index (κ3) is 4.25. The van der Waals surface area contributed by atoms with Crippen molar-refractivity contribution >= 4 is 27.5 Å². The smallest absolute Gasteiger partial charge is 0.0576 e. The van der Waals surface area contributed by atoms with Crippen LogP contribution in [-0.2, 0) is 4.74 Å². The van der Waals surface area contributed by atoms with E-state index in [1.54, 1.807) is 0 Å². The maximum atomic E-state index is 6.10. The highest BCUT2D eigenvalue weighted by Crippen LogP contribution is 2.27. The van der Waals surface area contributed by atoms with Gasteiger partial charge in [-0.15, -0.1) is 11.6 Å². The summed E-state index contributed by atoms with van der Waals surface area (Å²) in [5.41, 5.74) is 1.34. The zero-order valence-electron chi connectivity index (χ0n) is 10.6. The minimum absolute atomic E-state index is 0.463. The first kappa shape index (κ1) is 14.4. The quantitative estimate of drug-likeness (QED) is 0.657. The van der Waals surface area contributed by atoms with Crippen molar-refractivity contribution < 1.29 is 4.74 Å². The lowest BCUT2D eigenvalue weighted by Crippen LogP contribution is -2.07. The van der Waals surface area contributed by atoms with Crippen LogP contribution < -0.4 is 0 Å². The van der Waals surface area contributed by atoms with Crippen molar-refractivity contribution in [3.05, 3.63) is 34.3 Å². The summed E-state index contributed by atoms with van der Waals surface area (Å²) in [6.07, 6.45) is 6.51. The molecule has 1 aromatic rings.